The molecule has 0 unspecified atom stereocenters. The van der Waals surface area contributed by atoms with Crippen LogP contribution in [0.1, 0.15) is 27.4 Å². The van der Waals surface area contributed by atoms with Gasteiger partial charge in [-0.3, -0.25) is 4.79 Å². The summed E-state index contributed by atoms with van der Waals surface area (Å²) >= 11 is 0. The third kappa shape index (κ3) is 3.02. The number of hydrogen-bond donors (Lipinski definition) is 1. The maximum atomic E-state index is 12.6. The minimum absolute atomic E-state index is 0.0423. The second-order valence-electron chi connectivity index (χ2n) is 4.11. The molecule has 0 bridgehead atoms. The summed E-state index contributed by atoms with van der Waals surface area (Å²) in [6.07, 6.45) is -4.51. The van der Waals surface area contributed by atoms with Gasteiger partial charge in [-0.25, -0.2) is 0 Å². The monoisotopic (exact) mass is 295 g/mol. The van der Waals surface area contributed by atoms with Crippen molar-refractivity contribution in [3.63, 3.8) is 0 Å². The fourth-order valence-corrected chi connectivity index (χ4v) is 1.68. The topological polar surface area (TPSA) is 78.9 Å². The van der Waals surface area contributed by atoms with Gasteiger partial charge >= 0.3 is 6.18 Å². The van der Waals surface area contributed by atoms with E-state index in [0.29, 0.717) is 0 Å². The summed E-state index contributed by atoms with van der Waals surface area (Å²) in [5.41, 5.74) is -1.26. The number of hydrogen-bond acceptors (Lipinski definition) is 4. The van der Waals surface area contributed by atoms with E-state index in [1.165, 1.54) is 19.1 Å². The molecule has 0 aliphatic rings. The van der Waals surface area contributed by atoms with Gasteiger partial charge in [-0.1, -0.05) is 11.2 Å². The Morgan fingerprint density at radius 1 is 1.43 bits per heavy atom. The van der Waals surface area contributed by atoms with Crippen LogP contribution in [0.2, 0.25) is 0 Å². The van der Waals surface area contributed by atoms with E-state index in [9.17, 15) is 18.0 Å². The first-order chi connectivity index (χ1) is 9.82. The van der Waals surface area contributed by atoms with E-state index < -0.39 is 17.6 Å². The van der Waals surface area contributed by atoms with Crippen LogP contribution in [0.5, 0.6) is 0 Å². The smallest absolute Gasteiger partial charge is 0.359 e. The Morgan fingerprint density at radius 2 is 2.14 bits per heavy atom. The Kier molecular flexibility index (Phi) is 3.67. The van der Waals surface area contributed by atoms with Crippen molar-refractivity contribution < 1.29 is 22.5 Å². The van der Waals surface area contributed by atoms with Crippen LogP contribution in [0.4, 0.5) is 18.9 Å². The highest BCUT2D eigenvalue weighted by atomic mass is 19.4. The standard InChI is InChI=1S/C13H8F3N3O2/c1-7-11(10(6-17)19-21-7)12(20)18-9-4-2-3-8(5-9)13(14,15)16/h2-5H,1H3,(H,18,20). The second kappa shape index (κ2) is 5.28. The molecule has 0 aliphatic carbocycles. The zero-order chi connectivity index (χ0) is 15.6. The van der Waals surface area contributed by atoms with E-state index in [1.807, 2.05) is 0 Å². The molecular formula is C13H8F3N3O2. The van der Waals surface area contributed by atoms with Gasteiger partial charge in [0.15, 0.2) is 5.69 Å². The average Bonchev–Trinajstić information content (AvgIpc) is 2.79. The van der Waals surface area contributed by atoms with E-state index >= 15 is 0 Å². The molecule has 1 aromatic heterocycles. The lowest BCUT2D eigenvalue weighted by atomic mass is 10.1. The third-order valence-electron chi connectivity index (χ3n) is 2.64. The summed E-state index contributed by atoms with van der Waals surface area (Å²) < 4.78 is 42.5. The predicted molar refractivity (Wildman–Crippen MR) is 65.4 cm³/mol. The highest BCUT2D eigenvalue weighted by molar-refractivity contribution is 6.06. The maximum absolute atomic E-state index is 12.6. The number of halogens is 3. The molecule has 0 saturated carbocycles. The number of nitrogens with zero attached hydrogens (tertiary/aromatic N) is 2. The first-order valence-electron chi connectivity index (χ1n) is 5.68. The number of aryl methyl sites for hydroxylation is 1. The third-order valence-corrected chi connectivity index (χ3v) is 2.64. The van der Waals surface area contributed by atoms with E-state index in [0.717, 1.165) is 12.1 Å². The Hall–Kier alpha value is -2.82. The van der Waals surface area contributed by atoms with Crippen molar-refractivity contribution >= 4 is 11.6 Å². The van der Waals surface area contributed by atoms with Crippen molar-refractivity contribution in [1.82, 2.24) is 5.16 Å². The van der Waals surface area contributed by atoms with Gasteiger partial charge < -0.3 is 9.84 Å². The summed E-state index contributed by atoms with van der Waals surface area (Å²) in [5, 5.41) is 14.5. The van der Waals surface area contributed by atoms with Gasteiger partial charge in [-0.2, -0.15) is 18.4 Å². The molecule has 0 fully saturated rings. The number of nitriles is 1. The summed E-state index contributed by atoms with van der Waals surface area (Å²) in [6.45, 7) is 1.43. The second-order valence-corrected chi connectivity index (χ2v) is 4.11. The molecule has 8 heteroatoms. The molecule has 108 valence electrons. The summed E-state index contributed by atoms with van der Waals surface area (Å²) in [6, 6.07) is 5.84. The van der Waals surface area contributed by atoms with Crippen molar-refractivity contribution in [3.8, 4) is 6.07 Å². The summed E-state index contributed by atoms with van der Waals surface area (Å²) in [7, 11) is 0. The van der Waals surface area contributed by atoms with E-state index in [2.05, 4.69) is 10.5 Å². The van der Waals surface area contributed by atoms with Gasteiger partial charge in [0, 0.05) is 5.69 Å². The largest absolute Gasteiger partial charge is 0.416 e. The predicted octanol–water partition coefficient (Wildman–Crippen LogP) is 3.13. The van der Waals surface area contributed by atoms with Crippen LogP contribution in [-0.4, -0.2) is 11.1 Å². The minimum Gasteiger partial charge on any atom is -0.359 e. The van der Waals surface area contributed by atoms with E-state index in [-0.39, 0.29) is 22.7 Å². The quantitative estimate of drug-likeness (QED) is 0.923. The van der Waals surface area contributed by atoms with Crippen molar-refractivity contribution in [1.29, 1.82) is 5.26 Å². The number of anilines is 1. The van der Waals surface area contributed by atoms with Gasteiger partial charge in [-0.05, 0) is 25.1 Å². The van der Waals surface area contributed by atoms with Gasteiger partial charge in [0.2, 0.25) is 0 Å². The number of amides is 1. The molecule has 5 nitrogen and oxygen atoms in total. The first kappa shape index (κ1) is 14.6. The Balaban J connectivity index is 2.29. The number of alkyl halides is 3. The SMILES string of the molecule is Cc1onc(C#N)c1C(=O)Nc1cccc(C(F)(F)F)c1. The molecule has 1 aromatic carbocycles. The molecule has 0 radical (unpaired) electrons. The number of benzene rings is 1. The molecule has 2 aromatic rings. The van der Waals surface area contributed by atoms with Crippen LogP contribution in [0.25, 0.3) is 0 Å². The zero-order valence-electron chi connectivity index (χ0n) is 10.7. The Bertz CT molecular complexity index is 729. The van der Waals surface area contributed by atoms with Crippen molar-refractivity contribution in [2.75, 3.05) is 5.32 Å². The number of rotatable bonds is 2. The van der Waals surface area contributed by atoms with E-state index in [4.69, 9.17) is 9.78 Å². The van der Waals surface area contributed by atoms with E-state index in [1.54, 1.807) is 6.07 Å². The van der Waals surface area contributed by atoms with Gasteiger partial charge in [0.05, 0.1) is 5.56 Å². The molecular weight excluding hydrogens is 287 g/mol. The highest BCUT2D eigenvalue weighted by Gasteiger charge is 2.30. The van der Waals surface area contributed by atoms with Crippen molar-refractivity contribution in [2.24, 2.45) is 0 Å². The molecule has 0 aliphatic heterocycles. The van der Waals surface area contributed by atoms with Crippen LogP contribution in [-0.2, 0) is 6.18 Å². The number of nitrogens with one attached hydrogen (secondary N) is 1. The Morgan fingerprint density at radius 3 is 2.76 bits per heavy atom. The number of carbonyl (C=O) groups is 1. The summed E-state index contributed by atoms with van der Waals surface area (Å²) in [4.78, 5) is 12.0. The highest BCUT2D eigenvalue weighted by Crippen LogP contribution is 2.30. The van der Waals surface area contributed by atoms with Crippen LogP contribution < -0.4 is 5.32 Å². The fourth-order valence-electron chi connectivity index (χ4n) is 1.68. The molecule has 1 N–H and O–H groups in total. The van der Waals surface area contributed by atoms with Gasteiger partial charge in [0.25, 0.3) is 5.91 Å². The molecule has 0 atom stereocenters. The zero-order valence-corrected chi connectivity index (χ0v) is 10.7. The van der Waals surface area contributed by atoms with Crippen molar-refractivity contribution in [3.05, 3.63) is 46.8 Å². The fraction of sp³-hybridized carbons (Fsp3) is 0.154. The molecule has 2 rings (SSSR count). The van der Waals surface area contributed by atoms with Crippen LogP contribution in [0, 0.1) is 18.3 Å². The molecule has 1 heterocycles. The van der Waals surface area contributed by atoms with Crippen LogP contribution in [0.15, 0.2) is 28.8 Å². The Labute approximate surface area is 117 Å². The molecule has 0 spiro atoms. The number of carbonyl (C=O) groups excluding carboxylic acids is 1. The lowest BCUT2D eigenvalue weighted by Gasteiger charge is -2.09. The molecule has 1 amide bonds. The average molecular weight is 295 g/mol. The normalized spacial score (nSPS) is 11.0. The summed E-state index contributed by atoms with van der Waals surface area (Å²) in [5.74, 6) is -0.652. The first-order valence-corrected chi connectivity index (χ1v) is 5.68. The lowest BCUT2D eigenvalue weighted by Crippen LogP contribution is -2.14. The minimum atomic E-state index is -4.51. The maximum Gasteiger partial charge on any atom is 0.416 e. The molecule has 0 saturated heterocycles. The van der Waals surface area contributed by atoms with Gasteiger partial charge in [0.1, 0.15) is 17.4 Å². The number of aromatic nitrogens is 1. The van der Waals surface area contributed by atoms with Crippen molar-refractivity contribution in [2.45, 2.75) is 13.1 Å². The van der Waals surface area contributed by atoms with Crippen LogP contribution >= 0.6 is 0 Å². The lowest BCUT2D eigenvalue weighted by molar-refractivity contribution is -0.137. The molecule has 21 heavy (non-hydrogen) atoms. The van der Waals surface area contributed by atoms with Gasteiger partial charge in [-0.15, -0.1) is 0 Å². The van der Waals surface area contributed by atoms with Crippen LogP contribution in [0.3, 0.4) is 0 Å².